The van der Waals surface area contributed by atoms with E-state index in [1.54, 1.807) is 12.2 Å². The van der Waals surface area contributed by atoms with Crippen molar-refractivity contribution < 1.29 is 4.39 Å². The number of allylic oxidation sites excluding steroid dienone is 6. The Bertz CT molecular complexity index is 792. The second kappa shape index (κ2) is 7.14. The molecule has 1 aromatic heterocycles. The number of nitrogen functional groups attached to an aromatic ring is 1. The second-order valence-corrected chi connectivity index (χ2v) is 7.28. The monoisotopic (exact) mass is 341 g/mol. The van der Waals surface area contributed by atoms with E-state index >= 15 is 0 Å². The highest BCUT2D eigenvalue weighted by Gasteiger charge is 2.25. The van der Waals surface area contributed by atoms with E-state index in [-0.39, 0.29) is 5.83 Å². The van der Waals surface area contributed by atoms with Gasteiger partial charge in [-0.2, -0.15) is 5.26 Å². The molecule has 3 N–H and O–H groups in total. The maximum atomic E-state index is 12.9. The molecule has 5 heteroatoms. The third-order valence-corrected chi connectivity index (χ3v) is 5.71. The lowest BCUT2D eigenvalue weighted by molar-refractivity contribution is 0.546. The first-order chi connectivity index (χ1) is 11.6. The van der Waals surface area contributed by atoms with Gasteiger partial charge in [-0.15, -0.1) is 11.3 Å². The molecule has 0 saturated heterocycles. The Labute approximate surface area is 145 Å². The fraction of sp³-hybridized carbons (Fsp3) is 0.368. The minimum Gasteiger partial charge on any atom is -0.389 e. The molecule has 1 atom stereocenters. The van der Waals surface area contributed by atoms with E-state index in [1.807, 2.05) is 6.08 Å². The van der Waals surface area contributed by atoms with Crippen LogP contribution in [0.15, 0.2) is 30.1 Å². The summed E-state index contributed by atoms with van der Waals surface area (Å²) in [5.41, 5.74) is 9.14. The van der Waals surface area contributed by atoms with E-state index in [4.69, 9.17) is 11.1 Å². The summed E-state index contributed by atoms with van der Waals surface area (Å²) in [4.78, 5) is 1.00. The molecule has 3 nitrogen and oxygen atoms in total. The van der Waals surface area contributed by atoms with E-state index in [2.05, 4.69) is 12.1 Å². The van der Waals surface area contributed by atoms with Gasteiger partial charge in [-0.25, -0.2) is 4.39 Å². The minimum absolute atomic E-state index is 0.139. The van der Waals surface area contributed by atoms with Gasteiger partial charge in [0.2, 0.25) is 0 Å². The van der Waals surface area contributed by atoms with Crippen LogP contribution in [0.4, 0.5) is 9.39 Å². The topological polar surface area (TPSA) is 73.7 Å². The standard InChI is InChI=1S/C19H20FN3S/c20-13-7-5-12(6-8-13)3-1-2-4-15-17(22)10-9-14-16(11-21)19(23)24-18(14)15/h4-5,7-8,12,22H,1-3,6,9-10,23H2/b15-4+,22-17?. The molecule has 1 aromatic rings. The summed E-state index contributed by atoms with van der Waals surface area (Å²) in [7, 11) is 0. The predicted molar refractivity (Wildman–Crippen MR) is 97.8 cm³/mol. The number of nitrogens with one attached hydrogen (secondary N) is 1. The van der Waals surface area contributed by atoms with Crippen LogP contribution in [0.25, 0.3) is 5.57 Å². The molecule has 0 amide bonds. The molecule has 1 unspecified atom stereocenters. The molecule has 0 radical (unpaired) electrons. The van der Waals surface area contributed by atoms with Gasteiger partial charge in [0.05, 0.1) is 5.56 Å². The number of thiophene rings is 1. The van der Waals surface area contributed by atoms with Crippen LogP contribution in [0.3, 0.4) is 0 Å². The Kier molecular flexibility index (Phi) is 4.96. The Morgan fingerprint density at radius 3 is 3.00 bits per heavy atom. The van der Waals surface area contributed by atoms with Crippen LogP contribution in [0.1, 0.15) is 48.1 Å². The molecule has 24 heavy (non-hydrogen) atoms. The maximum absolute atomic E-state index is 12.9. The molecule has 0 saturated carbocycles. The molecule has 3 rings (SSSR count). The normalized spacial score (nSPS) is 21.5. The number of hydrogen-bond donors (Lipinski definition) is 2. The lowest BCUT2D eigenvalue weighted by atomic mass is 9.89. The first-order valence-corrected chi connectivity index (χ1v) is 9.05. The Morgan fingerprint density at radius 2 is 2.29 bits per heavy atom. The largest absolute Gasteiger partial charge is 0.389 e. The van der Waals surface area contributed by atoms with Crippen molar-refractivity contribution >= 4 is 27.6 Å². The van der Waals surface area contributed by atoms with Crippen molar-refractivity contribution in [1.29, 1.82) is 10.7 Å². The van der Waals surface area contributed by atoms with Gasteiger partial charge in [0.15, 0.2) is 0 Å². The van der Waals surface area contributed by atoms with Gasteiger partial charge in [-0.3, -0.25) is 0 Å². The summed E-state index contributed by atoms with van der Waals surface area (Å²) in [5, 5.41) is 18.0. The summed E-state index contributed by atoms with van der Waals surface area (Å²) >= 11 is 1.43. The zero-order valence-electron chi connectivity index (χ0n) is 13.4. The molecule has 2 aliphatic carbocycles. The number of fused-ring (bicyclic) bond motifs is 1. The second-order valence-electron chi connectivity index (χ2n) is 6.23. The predicted octanol–water partition coefficient (Wildman–Crippen LogP) is 5.15. The number of anilines is 1. The van der Waals surface area contributed by atoms with Crippen LogP contribution in [-0.4, -0.2) is 5.71 Å². The van der Waals surface area contributed by atoms with E-state index in [0.29, 0.717) is 28.6 Å². The third-order valence-electron chi connectivity index (χ3n) is 4.61. The van der Waals surface area contributed by atoms with Crippen molar-refractivity contribution in [3.63, 3.8) is 0 Å². The summed E-state index contributed by atoms with van der Waals surface area (Å²) in [5.74, 6) is 0.270. The maximum Gasteiger partial charge on any atom is 0.118 e. The van der Waals surface area contributed by atoms with Crippen molar-refractivity contribution in [2.45, 2.75) is 38.5 Å². The molecule has 0 aromatic carbocycles. The van der Waals surface area contributed by atoms with E-state index in [9.17, 15) is 9.65 Å². The summed E-state index contributed by atoms with van der Waals surface area (Å²) in [6, 6.07) is 2.20. The smallest absolute Gasteiger partial charge is 0.118 e. The lowest BCUT2D eigenvalue weighted by Crippen LogP contribution is -2.10. The summed E-state index contributed by atoms with van der Waals surface area (Å²) < 4.78 is 12.9. The van der Waals surface area contributed by atoms with Crippen LogP contribution in [0, 0.1) is 22.7 Å². The van der Waals surface area contributed by atoms with Crippen LogP contribution >= 0.6 is 11.3 Å². The number of halogens is 1. The Morgan fingerprint density at radius 1 is 1.46 bits per heavy atom. The number of nitriles is 1. The van der Waals surface area contributed by atoms with Crippen molar-refractivity contribution in [1.82, 2.24) is 0 Å². The first-order valence-electron chi connectivity index (χ1n) is 8.23. The molecule has 0 fully saturated rings. The van der Waals surface area contributed by atoms with Crippen LogP contribution in [0.5, 0.6) is 0 Å². The van der Waals surface area contributed by atoms with Gasteiger partial charge in [0, 0.05) is 16.2 Å². The average molecular weight is 341 g/mol. The number of unbranched alkanes of at least 4 members (excludes halogenated alkanes) is 1. The molecule has 0 bridgehead atoms. The number of hydrogen-bond acceptors (Lipinski definition) is 4. The van der Waals surface area contributed by atoms with Gasteiger partial charge in [-0.05, 0) is 62.2 Å². The SMILES string of the molecule is N#Cc1c(N)sc2c1CCC(=N)/C2=C\CCCC1C=CC(F)=CC1. The number of rotatable bonds is 4. The molecule has 2 aliphatic rings. The van der Waals surface area contributed by atoms with Crippen LogP contribution < -0.4 is 5.73 Å². The zero-order chi connectivity index (χ0) is 17.1. The van der Waals surface area contributed by atoms with E-state index < -0.39 is 0 Å². The Balaban J connectivity index is 1.66. The summed E-state index contributed by atoms with van der Waals surface area (Å²) in [6.45, 7) is 0. The number of nitrogens with two attached hydrogens (primary N) is 1. The minimum atomic E-state index is -0.139. The van der Waals surface area contributed by atoms with Crippen LogP contribution in [-0.2, 0) is 6.42 Å². The van der Waals surface area contributed by atoms with E-state index in [1.165, 1.54) is 11.3 Å². The Hall–Kier alpha value is -2.19. The molecule has 1 heterocycles. The fourth-order valence-electron chi connectivity index (χ4n) is 3.28. The van der Waals surface area contributed by atoms with Gasteiger partial charge in [0.25, 0.3) is 0 Å². The average Bonchev–Trinajstić information content (AvgIpc) is 2.90. The first kappa shape index (κ1) is 16.7. The van der Waals surface area contributed by atoms with Gasteiger partial charge in [-0.1, -0.05) is 12.2 Å². The van der Waals surface area contributed by atoms with Crippen LogP contribution in [0.2, 0.25) is 0 Å². The van der Waals surface area contributed by atoms with Gasteiger partial charge in [0.1, 0.15) is 16.9 Å². The lowest BCUT2D eigenvalue weighted by Gasteiger charge is -2.17. The molecule has 124 valence electrons. The fourth-order valence-corrected chi connectivity index (χ4v) is 4.41. The highest BCUT2D eigenvalue weighted by atomic mass is 32.1. The van der Waals surface area contributed by atoms with E-state index in [0.717, 1.165) is 48.1 Å². The summed E-state index contributed by atoms with van der Waals surface area (Å²) in [6.07, 6.45) is 12.3. The highest BCUT2D eigenvalue weighted by Crippen LogP contribution is 2.40. The number of nitrogens with zero attached hydrogens (tertiary/aromatic N) is 1. The molecule has 0 aliphatic heterocycles. The van der Waals surface area contributed by atoms with Crippen molar-refractivity contribution in [3.8, 4) is 6.07 Å². The quantitative estimate of drug-likeness (QED) is 0.743. The van der Waals surface area contributed by atoms with Gasteiger partial charge < -0.3 is 11.1 Å². The molecular formula is C19H20FN3S. The molecular weight excluding hydrogens is 321 g/mol. The van der Waals surface area contributed by atoms with Crippen molar-refractivity contribution in [2.24, 2.45) is 5.92 Å². The van der Waals surface area contributed by atoms with Crippen molar-refractivity contribution in [3.05, 3.63) is 46.1 Å². The molecule has 0 spiro atoms. The van der Waals surface area contributed by atoms with Crippen molar-refractivity contribution in [2.75, 3.05) is 5.73 Å². The third kappa shape index (κ3) is 3.34. The van der Waals surface area contributed by atoms with Gasteiger partial charge >= 0.3 is 0 Å². The zero-order valence-corrected chi connectivity index (χ0v) is 14.3. The highest BCUT2D eigenvalue weighted by molar-refractivity contribution is 7.17.